The summed E-state index contributed by atoms with van der Waals surface area (Å²) in [6.07, 6.45) is 0.971. The van der Waals surface area contributed by atoms with E-state index in [1.165, 1.54) is 5.56 Å². The van der Waals surface area contributed by atoms with E-state index < -0.39 is 0 Å². The maximum Gasteiger partial charge on any atom is 0.127 e. The quantitative estimate of drug-likeness (QED) is 0.886. The Labute approximate surface area is 135 Å². The van der Waals surface area contributed by atoms with Crippen molar-refractivity contribution in [3.63, 3.8) is 0 Å². The summed E-state index contributed by atoms with van der Waals surface area (Å²) < 4.78 is 5.83. The van der Waals surface area contributed by atoms with E-state index in [4.69, 9.17) is 27.9 Å². The first-order valence-electron chi connectivity index (χ1n) is 7.13. The van der Waals surface area contributed by atoms with Gasteiger partial charge in [0.05, 0.1) is 12.6 Å². The molecule has 1 aliphatic rings. The third kappa shape index (κ3) is 3.03. The summed E-state index contributed by atoms with van der Waals surface area (Å²) in [4.78, 5) is 0. The van der Waals surface area contributed by atoms with Crippen LogP contribution in [0.15, 0.2) is 36.4 Å². The summed E-state index contributed by atoms with van der Waals surface area (Å²) >= 11 is 12.3. The van der Waals surface area contributed by atoms with Crippen LogP contribution in [0, 0.1) is 0 Å². The third-order valence-corrected chi connectivity index (χ3v) is 4.12. The van der Waals surface area contributed by atoms with Crippen molar-refractivity contribution in [1.29, 1.82) is 0 Å². The maximum atomic E-state index is 6.16. The Balaban J connectivity index is 2.08. The highest BCUT2D eigenvalue weighted by atomic mass is 35.5. The predicted octanol–water partition coefficient (Wildman–Crippen LogP) is 4.63. The zero-order chi connectivity index (χ0) is 14.8. The van der Waals surface area contributed by atoms with Crippen molar-refractivity contribution in [1.82, 2.24) is 5.32 Å². The molecule has 0 aliphatic carbocycles. The van der Waals surface area contributed by atoms with Gasteiger partial charge in [0.25, 0.3) is 0 Å². The van der Waals surface area contributed by atoms with Crippen LogP contribution in [0.2, 0.25) is 10.0 Å². The Morgan fingerprint density at radius 2 is 1.95 bits per heavy atom. The average Bonchev–Trinajstić information content (AvgIpc) is 2.92. The summed E-state index contributed by atoms with van der Waals surface area (Å²) in [6, 6.07) is 12.0. The van der Waals surface area contributed by atoms with Crippen LogP contribution >= 0.6 is 23.2 Å². The molecule has 3 rings (SSSR count). The Morgan fingerprint density at radius 1 is 1.19 bits per heavy atom. The standard InChI is InChI=1S/C17H17Cl2NO/c1-2-20-16(12-8-13(18)10-14(19)9-12)15-5-3-4-11-6-7-21-17(11)15/h3-5,8-10,16,20H,2,6-7H2,1H3. The molecule has 0 saturated carbocycles. The molecule has 0 spiro atoms. The van der Waals surface area contributed by atoms with E-state index in [1.54, 1.807) is 6.07 Å². The molecule has 1 N–H and O–H groups in total. The highest BCUT2D eigenvalue weighted by Crippen LogP contribution is 2.37. The lowest BCUT2D eigenvalue weighted by atomic mass is 9.95. The van der Waals surface area contributed by atoms with Crippen LogP contribution in [-0.4, -0.2) is 13.2 Å². The van der Waals surface area contributed by atoms with Crippen LogP contribution in [0.4, 0.5) is 0 Å². The number of nitrogens with one attached hydrogen (secondary N) is 1. The van der Waals surface area contributed by atoms with Crippen LogP contribution < -0.4 is 10.1 Å². The van der Waals surface area contributed by atoms with Crippen molar-refractivity contribution < 1.29 is 4.74 Å². The van der Waals surface area contributed by atoms with Crippen LogP contribution in [0.5, 0.6) is 5.75 Å². The number of halogens is 2. The Bertz CT molecular complexity index is 637. The van der Waals surface area contributed by atoms with E-state index in [-0.39, 0.29) is 6.04 Å². The van der Waals surface area contributed by atoms with Crippen LogP contribution in [-0.2, 0) is 6.42 Å². The van der Waals surface area contributed by atoms with Gasteiger partial charge in [-0.1, -0.05) is 48.3 Å². The minimum absolute atomic E-state index is 0.0271. The van der Waals surface area contributed by atoms with Gasteiger partial charge in [-0.2, -0.15) is 0 Å². The van der Waals surface area contributed by atoms with Gasteiger partial charge in [-0.3, -0.25) is 0 Å². The topological polar surface area (TPSA) is 21.3 Å². The zero-order valence-corrected chi connectivity index (χ0v) is 13.3. The molecule has 0 bridgehead atoms. The van der Waals surface area contributed by atoms with Crippen LogP contribution in [0.1, 0.15) is 29.7 Å². The summed E-state index contributed by atoms with van der Waals surface area (Å²) in [6.45, 7) is 3.68. The summed E-state index contributed by atoms with van der Waals surface area (Å²) in [7, 11) is 0. The van der Waals surface area contributed by atoms with Crippen LogP contribution in [0.25, 0.3) is 0 Å². The van der Waals surface area contributed by atoms with Gasteiger partial charge >= 0.3 is 0 Å². The number of ether oxygens (including phenoxy) is 1. The van der Waals surface area contributed by atoms with Crippen molar-refractivity contribution in [2.24, 2.45) is 0 Å². The lowest BCUT2D eigenvalue weighted by Crippen LogP contribution is -2.22. The monoisotopic (exact) mass is 321 g/mol. The second-order valence-electron chi connectivity index (χ2n) is 5.13. The molecular formula is C17H17Cl2NO. The molecule has 1 atom stereocenters. The van der Waals surface area contributed by atoms with Gasteiger partial charge in [-0.25, -0.2) is 0 Å². The van der Waals surface area contributed by atoms with Crippen molar-refractivity contribution in [3.05, 3.63) is 63.1 Å². The molecule has 1 unspecified atom stereocenters. The van der Waals surface area contributed by atoms with Gasteiger partial charge in [0.15, 0.2) is 0 Å². The van der Waals surface area contributed by atoms with E-state index in [9.17, 15) is 0 Å². The fourth-order valence-electron chi connectivity index (χ4n) is 2.82. The SMILES string of the molecule is CCNC(c1cc(Cl)cc(Cl)c1)c1cccc2c1OCC2. The second-order valence-corrected chi connectivity index (χ2v) is 6.00. The largest absolute Gasteiger partial charge is 0.493 e. The Hall–Kier alpha value is -1.22. The van der Waals surface area contributed by atoms with E-state index in [0.29, 0.717) is 10.0 Å². The molecule has 0 radical (unpaired) electrons. The fraction of sp³-hybridized carbons (Fsp3) is 0.294. The normalized spacial score (nSPS) is 14.6. The fourth-order valence-corrected chi connectivity index (χ4v) is 3.36. The van der Waals surface area contributed by atoms with E-state index in [0.717, 1.165) is 36.4 Å². The molecule has 0 fully saturated rings. The molecule has 0 aromatic heterocycles. The van der Waals surface area contributed by atoms with Gasteiger partial charge < -0.3 is 10.1 Å². The third-order valence-electron chi connectivity index (χ3n) is 3.68. The van der Waals surface area contributed by atoms with Gasteiger partial charge in [0.1, 0.15) is 5.75 Å². The zero-order valence-electron chi connectivity index (χ0n) is 11.8. The molecule has 21 heavy (non-hydrogen) atoms. The van der Waals surface area contributed by atoms with Crippen molar-refractivity contribution >= 4 is 23.2 Å². The van der Waals surface area contributed by atoms with Gasteiger partial charge in [-0.15, -0.1) is 0 Å². The first kappa shape index (κ1) is 14.7. The van der Waals surface area contributed by atoms with E-state index in [1.807, 2.05) is 12.1 Å². The molecule has 0 saturated heterocycles. The summed E-state index contributed by atoms with van der Waals surface area (Å²) in [5.41, 5.74) is 3.46. The molecule has 1 heterocycles. The molecule has 2 aromatic rings. The van der Waals surface area contributed by atoms with Crippen molar-refractivity contribution in [2.75, 3.05) is 13.2 Å². The number of hydrogen-bond donors (Lipinski definition) is 1. The number of rotatable bonds is 4. The Kier molecular flexibility index (Phi) is 4.39. The van der Waals surface area contributed by atoms with Crippen molar-refractivity contribution in [2.45, 2.75) is 19.4 Å². The number of hydrogen-bond acceptors (Lipinski definition) is 2. The smallest absolute Gasteiger partial charge is 0.127 e. The first-order chi connectivity index (χ1) is 10.2. The summed E-state index contributed by atoms with van der Waals surface area (Å²) in [5.74, 6) is 1.000. The molecule has 1 aliphatic heterocycles. The van der Waals surface area contributed by atoms with Crippen molar-refractivity contribution in [3.8, 4) is 5.75 Å². The first-order valence-corrected chi connectivity index (χ1v) is 7.88. The van der Waals surface area contributed by atoms with Gasteiger partial charge in [0, 0.05) is 22.0 Å². The summed E-state index contributed by atoms with van der Waals surface area (Å²) in [5, 5.41) is 4.80. The van der Waals surface area contributed by atoms with E-state index in [2.05, 4.69) is 30.4 Å². The molecule has 2 nitrogen and oxygen atoms in total. The minimum atomic E-state index is 0.0271. The minimum Gasteiger partial charge on any atom is -0.493 e. The highest BCUT2D eigenvalue weighted by molar-refractivity contribution is 6.34. The number of para-hydroxylation sites is 1. The molecule has 0 amide bonds. The van der Waals surface area contributed by atoms with Gasteiger partial charge in [0.2, 0.25) is 0 Å². The maximum absolute atomic E-state index is 6.16. The Morgan fingerprint density at radius 3 is 2.67 bits per heavy atom. The predicted molar refractivity (Wildman–Crippen MR) is 87.6 cm³/mol. The average molecular weight is 322 g/mol. The number of benzene rings is 2. The van der Waals surface area contributed by atoms with Gasteiger partial charge in [-0.05, 0) is 35.9 Å². The number of fused-ring (bicyclic) bond motifs is 1. The highest BCUT2D eigenvalue weighted by Gasteiger charge is 2.23. The van der Waals surface area contributed by atoms with Crippen LogP contribution in [0.3, 0.4) is 0 Å². The molecule has 110 valence electrons. The lowest BCUT2D eigenvalue weighted by molar-refractivity contribution is 0.350. The molecule has 2 aromatic carbocycles. The molecular weight excluding hydrogens is 305 g/mol. The van der Waals surface area contributed by atoms with E-state index >= 15 is 0 Å². The lowest BCUT2D eigenvalue weighted by Gasteiger charge is -2.21. The molecule has 4 heteroatoms. The second kappa shape index (κ2) is 6.27.